The molecule has 286 valence electrons. The monoisotopic (exact) mass is 801 g/mol. The molecule has 3 aromatic carbocycles. The molecule has 6 aromatic rings. The van der Waals surface area contributed by atoms with Crippen LogP contribution in [-0.4, -0.2) is 45.1 Å². The number of fused-ring (bicyclic) bond motifs is 5. The summed E-state index contributed by atoms with van der Waals surface area (Å²) in [7, 11) is -2.24. The van der Waals surface area contributed by atoms with Crippen LogP contribution in [0.1, 0.15) is 53.5 Å². The fourth-order valence-electron chi connectivity index (χ4n) is 8.08. The van der Waals surface area contributed by atoms with E-state index in [2.05, 4.69) is 20.2 Å². The number of pyridine rings is 1. The third-order valence-electron chi connectivity index (χ3n) is 10.3. The number of hydrogen-bond acceptors (Lipinski definition) is 6. The van der Waals surface area contributed by atoms with Gasteiger partial charge in [0.15, 0.2) is 5.82 Å². The van der Waals surface area contributed by atoms with Gasteiger partial charge in [0.1, 0.15) is 29.6 Å². The van der Waals surface area contributed by atoms with Crippen LogP contribution in [0.4, 0.5) is 32.2 Å². The van der Waals surface area contributed by atoms with Crippen LogP contribution in [0.2, 0.25) is 5.02 Å². The van der Waals surface area contributed by atoms with Crippen LogP contribution in [0, 0.1) is 23.5 Å². The number of hydrogen-bond donors (Lipinski definition) is 2. The number of nitrogens with zero attached hydrogens (tertiary/aromatic N) is 5. The molecule has 0 bridgehead atoms. The molecule has 10 nitrogen and oxygen atoms in total. The number of benzene rings is 3. The number of amides is 1. The van der Waals surface area contributed by atoms with Crippen molar-refractivity contribution in [1.82, 2.24) is 29.9 Å². The summed E-state index contributed by atoms with van der Waals surface area (Å²) in [6.45, 7) is 0.686. The van der Waals surface area contributed by atoms with Gasteiger partial charge in [0.25, 0.3) is 12.3 Å². The van der Waals surface area contributed by atoms with Crippen LogP contribution >= 0.6 is 11.6 Å². The van der Waals surface area contributed by atoms with E-state index in [4.69, 9.17) is 16.6 Å². The van der Waals surface area contributed by atoms with Crippen LogP contribution in [0.25, 0.3) is 32.9 Å². The molecule has 2 N–H and O–H groups in total. The van der Waals surface area contributed by atoms with Gasteiger partial charge in [-0.2, -0.15) is 19.0 Å². The molecule has 2 aliphatic rings. The van der Waals surface area contributed by atoms with Crippen molar-refractivity contribution in [1.29, 1.82) is 0 Å². The molecule has 4 atom stereocenters. The highest BCUT2D eigenvalue weighted by Crippen LogP contribution is 2.71. The second-order valence-corrected chi connectivity index (χ2v) is 16.2. The van der Waals surface area contributed by atoms with Crippen molar-refractivity contribution in [2.45, 2.75) is 44.2 Å². The molecule has 1 saturated carbocycles. The number of carbonyl (C=O) groups excluding carboxylic acids is 1. The quantitative estimate of drug-likeness (QED) is 0.137. The van der Waals surface area contributed by atoms with Gasteiger partial charge < -0.3 is 5.32 Å². The van der Waals surface area contributed by atoms with E-state index in [0.29, 0.717) is 38.3 Å². The number of halogens is 7. The summed E-state index contributed by atoms with van der Waals surface area (Å²) in [5.41, 5.74) is 0.133. The standard InChI is InChI=1S/C37H30ClF6N7O3S/c1-16-27-29-32(35(41)42)47-51(34(29)37(43,44)30(16)27)15-26(52)45-25(12-17-10-19(39)14-20(40)11-17)31-22(13-18-6-4-5-7-24(18)46-31)21-8-9-23(38)28-33(21)50(2)48-36(28)49-55(3,53)54/h4-11,13-14,16,25,27,30,35H,12,15H2,1-3H3,(H,45,52)(H,48,49)/t16-,25?,27?,30?/m1/s1. The van der Waals surface area contributed by atoms with E-state index >= 15 is 8.78 Å². The molecule has 18 heteroatoms. The Morgan fingerprint density at radius 2 is 1.71 bits per heavy atom. The largest absolute Gasteiger partial charge is 0.346 e. The zero-order valence-corrected chi connectivity index (χ0v) is 30.7. The zero-order valence-electron chi connectivity index (χ0n) is 29.1. The van der Waals surface area contributed by atoms with E-state index in [-0.39, 0.29) is 39.5 Å². The maximum absolute atomic E-state index is 15.6. The lowest BCUT2D eigenvalue weighted by molar-refractivity contribution is -0.123. The Balaban J connectivity index is 1.28. The normalized spacial score (nSPS) is 19.1. The highest BCUT2D eigenvalue weighted by Gasteiger charge is 2.71. The number of aryl methyl sites for hydroxylation is 1. The minimum atomic E-state index is -3.80. The molecule has 0 saturated heterocycles. The molecule has 3 unspecified atom stereocenters. The van der Waals surface area contributed by atoms with Gasteiger partial charge >= 0.3 is 0 Å². The van der Waals surface area contributed by atoms with Gasteiger partial charge in [-0.05, 0) is 48.2 Å². The molecule has 2 aliphatic carbocycles. The van der Waals surface area contributed by atoms with Gasteiger partial charge in [-0.25, -0.2) is 31.0 Å². The minimum absolute atomic E-state index is 0.0546. The van der Waals surface area contributed by atoms with Gasteiger partial charge in [0, 0.05) is 47.0 Å². The molecule has 8 rings (SSSR count). The van der Waals surface area contributed by atoms with Crippen molar-refractivity contribution in [2.75, 3.05) is 11.0 Å². The van der Waals surface area contributed by atoms with Gasteiger partial charge in [-0.3, -0.25) is 18.9 Å². The Kier molecular flexibility index (Phi) is 8.68. The Bertz CT molecular complexity index is 2660. The Hall–Kier alpha value is -5.16. The SMILES string of the molecule is C[C@@H]1C2c3c(C(F)F)nn(CC(=O)NC(Cc4cc(F)cc(F)c4)c4nc5ccccc5cc4-c4ccc(Cl)c5c(NS(C)(=O)=O)nn(C)c45)c3C(F)(F)C21. The number of nitrogens with one attached hydrogen (secondary N) is 2. The van der Waals surface area contributed by atoms with Gasteiger partial charge in [0.2, 0.25) is 15.9 Å². The second-order valence-electron chi connectivity index (χ2n) is 14.0. The number of para-hydroxylation sites is 1. The first-order valence-corrected chi connectivity index (χ1v) is 19.2. The number of rotatable bonds is 10. The summed E-state index contributed by atoms with van der Waals surface area (Å²) < 4.78 is 117. The maximum Gasteiger partial charge on any atom is 0.293 e. The average molecular weight is 802 g/mol. The van der Waals surface area contributed by atoms with E-state index in [1.165, 1.54) is 10.7 Å². The van der Waals surface area contributed by atoms with Crippen molar-refractivity contribution in [3.8, 4) is 11.1 Å². The predicted octanol–water partition coefficient (Wildman–Crippen LogP) is 7.78. The van der Waals surface area contributed by atoms with E-state index < -0.39 is 81.6 Å². The van der Waals surface area contributed by atoms with Crippen LogP contribution in [0.5, 0.6) is 0 Å². The number of anilines is 1. The lowest BCUT2D eigenvalue weighted by Gasteiger charge is -2.23. The van der Waals surface area contributed by atoms with Gasteiger partial charge in [-0.1, -0.05) is 42.8 Å². The summed E-state index contributed by atoms with van der Waals surface area (Å²) in [6, 6.07) is 13.5. The van der Waals surface area contributed by atoms with Crippen LogP contribution < -0.4 is 10.0 Å². The number of alkyl halides is 4. The second kappa shape index (κ2) is 13.0. The van der Waals surface area contributed by atoms with Crippen molar-refractivity contribution < 1.29 is 39.6 Å². The van der Waals surface area contributed by atoms with E-state index in [9.17, 15) is 30.8 Å². The number of sulfonamides is 1. The van der Waals surface area contributed by atoms with Gasteiger partial charge in [-0.15, -0.1) is 0 Å². The molecular weight excluding hydrogens is 772 g/mol. The molecule has 3 heterocycles. The van der Waals surface area contributed by atoms with Crippen molar-refractivity contribution in [2.24, 2.45) is 18.9 Å². The molecule has 0 spiro atoms. The molecule has 0 radical (unpaired) electrons. The topological polar surface area (TPSA) is 124 Å². The lowest BCUT2D eigenvalue weighted by Crippen LogP contribution is -2.35. The predicted molar refractivity (Wildman–Crippen MR) is 192 cm³/mol. The van der Waals surface area contributed by atoms with Crippen molar-refractivity contribution >= 4 is 55.2 Å². The van der Waals surface area contributed by atoms with Crippen LogP contribution in [0.3, 0.4) is 0 Å². The van der Waals surface area contributed by atoms with Crippen LogP contribution in [-0.2, 0) is 40.8 Å². The zero-order chi connectivity index (χ0) is 39.3. The molecule has 1 amide bonds. The summed E-state index contributed by atoms with van der Waals surface area (Å²) in [4.78, 5) is 18.8. The van der Waals surface area contributed by atoms with Gasteiger partial charge in [0.05, 0.1) is 39.4 Å². The summed E-state index contributed by atoms with van der Waals surface area (Å²) >= 11 is 6.60. The molecular formula is C37H30ClF6N7O3S. The summed E-state index contributed by atoms with van der Waals surface area (Å²) in [6.07, 6.45) is -2.47. The number of aromatic nitrogens is 5. The highest BCUT2D eigenvalue weighted by molar-refractivity contribution is 7.92. The smallest absolute Gasteiger partial charge is 0.293 e. The van der Waals surface area contributed by atoms with Crippen molar-refractivity contribution in [3.05, 3.63) is 106 Å². The summed E-state index contributed by atoms with van der Waals surface area (Å²) in [5.74, 6) is -8.77. The van der Waals surface area contributed by atoms with E-state index in [1.807, 2.05) is 0 Å². The summed E-state index contributed by atoms with van der Waals surface area (Å²) in [5, 5.41) is 12.0. The van der Waals surface area contributed by atoms with Crippen LogP contribution in [0.15, 0.2) is 60.7 Å². The van der Waals surface area contributed by atoms with E-state index in [0.717, 1.165) is 18.4 Å². The highest BCUT2D eigenvalue weighted by atomic mass is 35.5. The Labute approximate surface area is 314 Å². The molecule has 1 fully saturated rings. The fourth-order valence-corrected chi connectivity index (χ4v) is 8.82. The third kappa shape index (κ3) is 6.36. The van der Waals surface area contributed by atoms with Crippen molar-refractivity contribution in [3.63, 3.8) is 0 Å². The Morgan fingerprint density at radius 3 is 2.40 bits per heavy atom. The Morgan fingerprint density at radius 1 is 1.00 bits per heavy atom. The first kappa shape index (κ1) is 36.8. The molecule has 55 heavy (non-hydrogen) atoms. The maximum atomic E-state index is 15.6. The molecule has 3 aromatic heterocycles. The average Bonchev–Trinajstić information content (AvgIpc) is 3.32. The first-order valence-electron chi connectivity index (χ1n) is 17.0. The molecule has 0 aliphatic heterocycles. The minimum Gasteiger partial charge on any atom is -0.346 e. The third-order valence-corrected chi connectivity index (χ3v) is 11.1. The van der Waals surface area contributed by atoms with E-state index in [1.54, 1.807) is 50.4 Å². The fraction of sp³-hybridized carbons (Fsp3) is 0.297. The lowest BCUT2D eigenvalue weighted by atomic mass is 9.93. The first-order chi connectivity index (χ1) is 25.9. The number of carbonyl (C=O) groups is 1.